The zero-order valence-corrected chi connectivity index (χ0v) is 33.2. The van der Waals surface area contributed by atoms with Gasteiger partial charge in [-0.25, -0.2) is 4.79 Å². The van der Waals surface area contributed by atoms with E-state index in [4.69, 9.17) is 4.74 Å². The van der Waals surface area contributed by atoms with Crippen LogP contribution in [0.15, 0.2) is 0 Å². The summed E-state index contributed by atoms with van der Waals surface area (Å²) in [4.78, 5) is 37.0. The van der Waals surface area contributed by atoms with Crippen LogP contribution in [0.2, 0.25) is 0 Å². The number of rotatable bonds is 39. The summed E-state index contributed by atoms with van der Waals surface area (Å²) in [7, 11) is 1.37. The molecule has 0 heterocycles. The smallest absolute Gasteiger partial charge is 0.328 e. The number of nitrogens with one attached hydrogen (secondary N) is 2. The molecule has 0 radical (unpaired) electrons. The van der Waals surface area contributed by atoms with Gasteiger partial charge in [0.15, 0.2) is 0 Å². The number of hydrogen-bond donors (Lipinski definition) is 2. The van der Waals surface area contributed by atoms with Crippen LogP contribution in [0.1, 0.15) is 239 Å². The van der Waals surface area contributed by atoms with Crippen LogP contribution in [0, 0.1) is 0 Å². The fraction of sp³-hybridized carbons (Fsp3) is 0.930. The van der Waals surface area contributed by atoms with E-state index in [1.807, 2.05) is 0 Å². The van der Waals surface area contributed by atoms with Gasteiger partial charge in [0.1, 0.15) is 6.04 Å². The first-order valence-electron chi connectivity index (χ1n) is 21.7. The Bertz CT molecular complexity index is 729. The van der Waals surface area contributed by atoms with Crippen LogP contribution >= 0.6 is 0 Å². The summed E-state index contributed by atoms with van der Waals surface area (Å²) in [6.07, 6.45) is 42.5. The monoisotopic (exact) mass is 693 g/mol. The highest BCUT2D eigenvalue weighted by molar-refractivity contribution is 5.84. The summed E-state index contributed by atoms with van der Waals surface area (Å²) in [5, 5.41) is 5.91. The van der Waals surface area contributed by atoms with Crippen molar-refractivity contribution in [1.29, 1.82) is 0 Å². The predicted molar refractivity (Wildman–Crippen MR) is 210 cm³/mol. The van der Waals surface area contributed by atoms with Crippen molar-refractivity contribution in [2.75, 3.05) is 13.7 Å². The second-order valence-electron chi connectivity index (χ2n) is 14.9. The molecule has 0 aromatic carbocycles. The molecule has 1 atom stereocenters. The lowest BCUT2D eigenvalue weighted by Gasteiger charge is -2.16. The van der Waals surface area contributed by atoms with Gasteiger partial charge < -0.3 is 15.4 Å². The first-order valence-corrected chi connectivity index (χ1v) is 21.7. The second kappa shape index (κ2) is 39.2. The molecule has 2 amide bonds. The first-order chi connectivity index (χ1) is 24.0. The van der Waals surface area contributed by atoms with Gasteiger partial charge in [-0.2, -0.15) is 0 Å². The Labute approximate surface area is 305 Å². The van der Waals surface area contributed by atoms with Gasteiger partial charge in [-0.15, -0.1) is 0 Å². The summed E-state index contributed by atoms with van der Waals surface area (Å²) in [5.41, 5.74) is 0. The predicted octanol–water partition coefficient (Wildman–Crippen LogP) is 12.5. The first kappa shape index (κ1) is 47.4. The van der Waals surface area contributed by atoms with Crippen LogP contribution in [0.3, 0.4) is 0 Å². The summed E-state index contributed by atoms with van der Waals surface area (Å²) in [5.74, 6) is -0.333. The maximum Gasteiger partial charge on any atom is 0.328 e. The molecule has 0 aliphatic heterocycles. The maximum absolute atomic E-state index is 12.5. The third-order valence-electron chi connectivity index (χ3n) is 10.1. The van der Waals surface area contributed by atoms with Crippen molar-refractivity contribution in [3.63, 3.8) is 0 Å². The van der Waals surface area contributed by atoms with Crippen molar-refractivity contribution in [1.82, 2.24) is 10.6 Å². The second-order valence-corrected chi connectivity index (χ2v) is 14.9. The molecule has 0 aromatic rings. The Balaban J connectivity index is 3.67. The Morgan fingerprint density at radius 3 is 1.10 bits per heavy atom. The molecule has 0 bridgehead atoms. The van der Waals surface area contributed by atoms with Crippen molar-refractivity contribution in [3.05, 3.63) is 0 Å². The number of hydrogen-bond acceptors (Lipinski definition) is 4. The standard InChI is InChI=1S/C43H84N2O4/c1-4-6-8-10-12-14-16-18-20-22-24-26-28-30-32-37-41(46)44-39-35-34-36-40(43(48)49-3)45-42(47)38-33-31-29-27-25-23-21-19-17-15-13-11-9-7-5-2/h40H,4-39H2,1-3H3,(H,44,46)(H,45,47)/t40-/m0/s1. The van der Waals surface area contributed by atoms with Crippen LogP contribution < -0.4 is 10.6 Å². The van der Waals surface area contributed by atoms with E-state index in [-0.39, 0.29) is 17.8 Å². The van der Waals surface area contributed by atoms with Crippen molar-refractivity contribution >= 4 is 17.8 Å². The van der Waals surface area contributed by atoms with Crippen molar-refractivity contribution in [3.8, 4) is 0 Å². The summed E-state index contributed by atoms with van der Waals surface area (Å²) in [6.45, 7) is 5.16. The molecular weight excluding hydrogens is 608 g/mol. The van der Waals surface area contributed by atoms with Crippen LogP contribution in [0.5, 0.6) is 0 Å². The Hall–Kier alpha value is -1.59. The molecule has 6 nitrogen and oxygen atoms in total. The van der Waals surface area contributed by atoms with Crippen molar-refractivity contribution < 1.29 is 19.1 Å². The molecular formula is C43H84N2O4. The molecule has 0 fully saturated rings. The van der Waals surface area contributed by atoms with Crippen LogP contribution in [0.25, 0.3) is 0 Å². The minimum absolute atomic E-state index is 0.0677. The fourth-order valence-corrected chi connectivity index (χ4v) is 6.76. The quantitative estimate of drug-likeness (QED) is 0.0496. The summed E-state index contributed by atoms with van der Waals surface area (Å²) in [6, 6.07) is -0.607. The van der Waals surface area contributed by atoms with Gasteiger partial charge in [0, 0.05) is 19.4 Å². The molecule has 290 valence electrons. The molecule has 2 N–H and O–H groups in total. The molecule has 0 rings (SSSR count). The van der Waals surface area contributed by atoms with E-state index in [9.17, 15) is 14.4 Å². The SMILES string of the molecule is CCCCCCCCCCCCCCCCCC(=O)NCCCC[C@H](NC(=O)CCCCCCCCCCCCCCCCC)C(=O)OC. The third-order valence-corrected chi connectivity index (χ3v) is 10.1. The molecule has 0 aliphatic carbocycles. The average molecular weight is 693 g/mol. The number of esters is 1. The zero-order valence-electron chi connectivity index (χ0n) is 33.2. The molecule has 6 heteroatoms. The minimum atomic E-state index is -0.607. The number of methoxy groups -OCH3 is 1. The Morgan fingerprint density at radius 1 is 0.429 bits per heavy atom. The topological polar surface area (TPSA) is 84.5 Å². The number of ether oxygens (including phenoxy) is 1. The minimum Gasteiger partial charge on any atom is -0.467 e. The van der Waals surface area contributed by atoms with Crippen LogP contribution in [-0.4, -0.2) is 37.5 Å². The Morgan fingerprint density at radius 2 is 0.755 bits per heavy atom. The van der Waals surface area contributed by atoms with Gasteiger partial charge in [-0.3, -0.25) is 9.59 Å². The third kappa shape index (κ3) is 36.0. The molecule has 0 aliphatic rings. The van der Waals surface area contributed by atoms with Crippen molar-refractivity contribution in [2.45, 2.75) is 245 Å². The van der Waals surface area contributed by atoms with E-state index in [0.29, 0.717) is 25.8 Å². The normalized spacial score (nSPS) is 11.8. The molecule has 0 saturated heterocycles. The van der Waals surface area contributed by atoms with Gasteiger partial charge in [-0.1, -0.05) is 194 Å². The number of unbranched alkanes of at least 4 members (excludes halogenated alkanes) is 29. The average Bonchev–Trinajstić information content (AvgIpc) is 3.10. The number of carbonyl (C=O) groups is 3. The zero-order chi connectivity index (χ0) is 35.9. The highest BCUT2D eigenvalue weighted by atomic mass is 16.5. The van der Waals surface area contributed by atoms with E-state index in [1.54, 1.807) is 0 Å². The van der Waals surface area contributed by atoms with E-state index in [2.05, 4.69) is 24.5 Å². The van der Waals surface area contributed by atoms with Gasteiger partial charge >= 0.3 is 5.97 Å². The van der Waals surface area contributed by atoms with E-state index in [1.165, 1.54) is 174 Å². The van der Waals surface area contributed by atoms with Gasteiger partial charge in [0.05, 0.1) is 7.11 Å². The van der Waals surface area contributed by atoms with Gasteiger partial charge in [-0.05, 0) is 32.1 Å². The van der Waals surface area contributed by atoms with E-state index < -0.39 is 6.04 Å². The number of carbonyl (C=O) groups excluding carboxylic acids is 3. The highest BCUT2D eigenvalue weighted by Crippen LogP contribution is 2.15. The molecule has 0 saturated carbocycles. The van der Waals surface area contributed by atoms with Crippen LogP contribution in [-0.2, 0) is 19.1 Å². The maximum atomic E-state index is 12.5. The lowest BCUT2D eigenvalue weighted by molar-refractivity contribution is -0.145. The fourth-order valence-electron chi connectivity index (χ4n) is 6.76. The molecule has 0 spiro atoms. The van der Waals surface area contributed by atoms with Crippen LogP contribution in [0.4, 0.5) is 0 Å². The molecule has 0 unspecified atom stereocenters. The molecule has 0 aromatic heterocycles. The number of amides is 2. The van der Waals surface area contributed by atoms with Crippen molar-refractivity contribution in [2.24, 2.45) is 0 Å². The van der Waals surface area contributed by atoms with Gasteiger partial charge in [0.2, 0.25) is 11.8 Å². The summed E-state index contributed by atoms with van der Waals surface area (Å²) >= 11 is 0. The largest absolute Gasteiger partial charge is 0.467 e. The van der Waals surface area contributed by atoms with E-state index >= 15 is 0 Å². The summed E-state index contributed by atoms with van der Waals surface area (Å²) < 4.78 is 4.94. The Kier molecular flexibility index (Phi) is 37.9. The molecule has 49 heavy (non-hydrogen) atoms. The highest BCUT2D eigenvalue weighted by Gasteiger charge is 2.20. The lowest BCUT2D eigenvalue weighted by atomic mass is 10.0. The van der Waals surface area contributed by atoms with Gasteiger partial charge in [0.25, 0.3) is 0 Å². The van der Waals surface area contributed by atoms with E-state index in [0.717, 1.165) is 38.5 Å². The lowest BCUT2D eigenvalue weighted by Crippen LogP contribution is -2.41.